The first-order valence-electron chi connectivity index (χ1n) is 5.63. The summed E-state index contributed by atoms with van der Waals surface area (Å²) in [6.07, 6.45) is 1.44. The molecule has 5 N–H and O–H groups in total. The topological polar surface area (TPSA) is 122 Å². The Hall–Kier alpha value is -2.25. The van der Waals surface area contributed by atoms with E-state index >= 15 is 0 Å². The van der Waals surface area contributed by atoms with Crippen LogP contribution in [0.5, 0.6) is 0 Å². The van der Waals surface area contributed by atoms with Gasteiger partial charge in [0.05, 0.1) is 0 Å². The zero-order valence-electron chi connectivity index (χ0n) is 9.95. The molecule has 1 aromatic rings. The van der Waals surface area contributed by atoms with Gasteiger partial charge < -0.3 is 16.4 Å². The average Bonchev–Trinajstić information content (AvgIpc) is 2.34. The van der Waals surface area contributed by atoms with Gasteiger partial charge in [-0.15, -0.1) is 0 Å². The van der Waals surface area contributed by atoms with Crippen molar-refractivity contribution >= 4 is 17.4 Å². The summed E-state index contributed by atoms with van der Waals surface area (Å²) in [4.78, 5) is 36.6. The predicted molar refractivity (Wildman–Crippen MR) is 66.4 cm³/mol. The molecule has 1 saturated heterocycles. The Labute approximate surface area is 102 Å². The molecule has 18 heavy (non-hydrogen) atoms. The fraction of sp³-hybridized carbons (Fsp3) is 0.500. The Kier molecular flexibility index (Phi) is 3.09. The number of H-pyrrole nitrogens is 1. The molecule has 0 bridgehead atoms. The number of amides is 1. The fourth-order valence-electron chi connectivity index (χ4n) is 1.86. The number of nitrogens with one attached hydrogen (secondary N) is 3. The number of nitrogen functional groups attached to an aromatic ring is 1. The Balaban J connectivity index is 2.34. The molecule has 8 heteroatoms. The summed E-state index contributed by atoms with van der Waals surface area (Å²) in [5.41, 5.74) is 4.55. The lowest BCUT2D eigenvalue weighted by atomic mass is 10.1. The van der Waals surface area contributed by atoms with Crippen LogP contribution in [-0.4, -0.2) is 28.0 Å². The van der Waals surface area contributed by atoms with Crippen molar-refractivity contribution in [1.29, 1.82) is 0 Å². The molecule has 8 nitrogen and oxygen atoms in total. The first kappa shape index (κ1) is 12.2. The molecule has 1 fully saturated rings. The van der Waals surface area contributed by atoms with Gasteiger partial charge in [-0.1, -0.05) is 0 Å². The van der Waals surface area contributed by atoms with Crippen LogP contribution < -0.4 is 27.6 Å². The van der Waals surface area contributed by atoms with E-state index in [1.165, 1.54) is 7.05 Å². The van der Waals surface area contributed by atoms with E-state index in [0.29, 0.717) is 13.0 Å². The number of anilines is 2. The second-order valence-corrected chi connectivity index (χ2v) is 4.21. The van der Waals surface area contributed by atoms with Gasteiger partial charge >= 0.3 is 5.69 Å². The number of rotatable bonds is 2. The summed E-state index contributed by atoms with van der Waals surface area (Å²) in [6.45, 7) is 0.635. The SMILES string of the molecule is Cn1c(N)c(NC2CCCNC2=O)c(=O)[nH]c1=O. The van der Waals surface area contributed by atoms with Gasteiger partial charge in [0.25, 0.3) is 5.56 Å². The van der Waals surface area contributed by atoms with Gasteiger partial charge in [-0.3, -0.25) is 19.1 Å². The number of piperidine rings is 1. The Morgan fingerprint density at radius 1 is 1.39 bits per heavy atom. The van der Waals surface area contributed by atoms with Crippen LogP contribution >= 0.6 is 0 Å². The first-order valence-corrected chi connectivity index (χ1v) is 5.63. The van der Waals surface area contributed by atoms with Crippen LogP contribution in [0, 0.1) is 0 Å². The van der Waals surface area contributed by atoms with Gasteiger partial charge in [0.1, 0.15) is 17.5 Å². The van der Waals surface area contributed by atoms with Crippen molar-refractivity contribution in [3.05, 3.63) is 20.8 Å². The highest BCUT2D eigenvalue weighted by Crippen LogP contribution is 2.14. The molecule has 2 rings (SSSR count). The van der Waals surface area contributed by atoms with E-state index < -0.39 is 17.3 Å². The van der Waals surface area contributed by atoms with E-state index in [1.807, 2.05) is 0 Å². The first-order chi connectivity index (χ1) is 8.50. The molecule has 98 valence electrons. The van der Waals surface area contributed by atoms with E-state index in [9.17, 15) is 14.4 Å². The van der Waals surface area contributed by atoms with Crippen molar-refractivity contribution < 1.29 is 4.79 Å². The van der Waals surface area contributed by atoms with Crippen molar-refractivity contribution in [1.82, 2.24) is 14.9 Å². The molecule has 2 heterocycles. The minimum Gasteiger partial charge on any atom is -0.383 e. The number of nitrogens with zero attached hydrogens (tertiary/aromatic N) is 1. The zero-order chi connectivity index (χ0) is 13.3. The molecule has 1 atom stereocenters. The Bertz CT molecular complexity index is 588. The highest BCUT2D eigenvalue weighted by Gasteiger charge is 2.24. The maximum absolute atomic E-state index is 11.7. The van der Waals surface area contributed by atoms with Crippen molar-refractivity contribution in [3.8, 4) is 0 Å². The molecule has 0 saturated carbocycles. The lowest BCUT2D eigenvalue weighted by Gasteiger charge is -2.24. The van der Waals surface area contributed by atoms with Crippen LogP contribution in [0.25, 0.3) is 0 Å². The van der Waals surface area contributed by atoms with E-state index in [-0.39, 0.29) is 17.4 Å². The lowest BCUT2D eigenvalue weighted by Crippen LogP contribution is -2.46. The van der Waals surface area contributed by atoms with E-state index in [4.69, 9.17) is 5.73 Å². The van der Waals surface area contributed by atoms with Gasteiger partial charge in [-0.25, -0.2) is 4.79 Å². The summed E-state index contributed by atoms with van der Waals surface area (Å²) in [7, 11) is 1.44. The maximum Gasteiger partial charge on any atom is 0.329 e. The van der Waals surface area contributed by atoms with Crippen molar-refractivity contribution in [2.45, 2.75) is 18.9 Å². The molecule has 1 unspecified atom stereocenters. The fourth-order valence-corrected chi connectivity index (χ4v) is 1.86. The lowest BCUT2D eigenvalue weighted by molar-refractivity contribution is -0.123. The molecule has 1 aromatic heterocycles. The van der Waals surface area contributed by atoms with E-state index in [1.54, 1.807) is 0 Å². The monoisotopic (exact) mass is 253 g/mol. The molecular weight excluding hydrogens is 238 g/mol. The molecule has 1 aliphatic heterocycles. The number of aromatic amines is 1. The summed E-state index contributed by atoms with van der Waals surface area (Å²) in [5.74, 6) is -0.156. The van der Waals surface area contributed by atoms with Crippen LogP contribution in [-0.2, 0) is 11.8 Å². The standard InChI is InChI=1S/C10H15N5O3/c1-15-7(11)6(9(17)14-10(15)18)13-5-3-2-4-12-8(5)16/h5,13H,2-4,11H2,1H3,(H,12,16)(H,14,17,18). The zero-order valence-corrected chi connectivity index (χ0v) is 9.95. The van der Waals surface area contributed by atoms with E-state index in [2.05, 4.69) is 15.6 Å². The predicted octanol–water partition coefficient (Wildman–Crippen LogP) is -1.65. The van der Waals surface area contributed by atoms with Gasteiger partial charge in [0, 0.05) is 13.6 Å². The summed E-state index contributed by atoms with van der Waals surface area (Å²) < 4.78 is 1.12. The normalized spacial score (nSPS) is 19.4. The number of hydrogen-bond acceptors (Lipinski definition) is 5. The Morgan fingerprint density at radius 2 is 2.11 bits per heavy atom. The van der Waals surface area contributed by atoms with Crippen LogP contribution in [0.15, 0.2) is 9.59 Å². The molecule has 1 amide bonds. The summed E-state index contributed by atoms with van der Waals surface area (Å²) >= 11 is 0. The van der Waals surface area contributed by atoms with Crippen molar-refractivity contribution in [2.24, 2.45) is 7.05 Å². The Morgan fingerprint density at radius 3 is 2.78 bits per heavy atom. The third kappa shape index (κ3) is 2.08. The van der Waals surface area contributed by atoms with E-state index in [0.717, 1.165) is 11.0 Å². The quantitative estimate of drug-likeness (QED) is 0.503. The van der Waals surface area contributed by atoms with Crippen molar-refractivity contribution in [3.63, 3.8) is 0 Å². The highest BCUT2D eigenvalue weighted by molar-refractivity contribution is 5.86. The van der Waals surface area contributed by atoms with Crippen LogP contribution in [0.2, 0.25) is 0 Å². The van der Waals surface area contributed by atoms with Gasteiger partial charge in [0.2, 0.25) is 5.91 Å². The smallest absolute Gasteiger partial charge is 0.329 e. The number of nitrogens with two attached hydrogens (primary N) is 1. The number of carbonyl (C=O) groups excluding carboxylic acids is 1. The van der Waals surface area contributed by atoms with Crippen LogP contribution in [0.4, 0.5) is 11.5 Å². The third-order valence-corrected chi connectivity index (χ3v) is 2.97. The van der Waals surface area contributed by atoms with Gasteiger partial charge in [-0.05, 0) is 12.8 Å². The molecule has 0 radical (unpaired) electrons. The van der Waals surface area contributed by atoms with Crippen molar-refractivity contribution in [2.75, 3.05) is 17.6 Å². The van der Waals surface area contributed by atoms with Crippen LogP contribution in [0.3, 0.4) is 0 Å². The molecule has 0 aromatic carbocycles. The summed E-state index contributed by atoms with van der Waals surface area (Å²) in [5, 5.41) is 5.49. The molecule has 0 aliphatic carbocycles. The average molecular weight is 253 g/mol. The second-order valence-electron chi connectivity index (χ2n) is 4.21. The molecule has 1 aliphatic rings. The summed E-state index contributed by atoms with van der Waals surface area (Å²) in [6, 6.07) is -0.500. The second kappa shape index (κ2) is 4.55. The van der Waals surface area contributed by atoms with Gasteiger partial charge in [-0.2, -0.15) is 0 Å². The largest absolute Gasteiger partial charge is 0.383 e. The highest BCUT2D eigenvalue weighted by atomic mass is 16.2. The molecule has 0 spiro atoms. The third-order valence-electron chi connectivity index (χ3n) is 2.97. The maximum atomic E-state index is 11.7. The molecular formula is C10H15N5O3. The minimum absolute atomic E-state index is 0.0159. The van der Waals surface area contributed by atoms with Crippen LogP contribution in [0.1, 0.15) is 12.8 Å². The number of aromatic nitrogens is 2. The number of hydrogen-bond donors (Lipinski definition) is 4. The number of carbonyl (C=O) groups is 1. The van der Waals surface area contributed by atoms with Gasteiger partial charge in [0.15, 0.2) is 0 Å². The minimum atomic E-state index is -0.617.